The first-order chi connectivity index (χ1) is 16.3. The first-order valence-corrected chi connectivity index (χ1v) is 12.1. The number of pyridine rings is 2. The lowest BCUT2D eigenvalue weighted by atomic mass is 9.51. The highest BCUT2D eigenvalue weighted by Gasteiger charge is 2.52. The number of amides is 1. The van der Waals surface area contributed by atoms with E-state index in [-0.39, 0.29) is 12.0 Å². The van der Waals surface area contributed by atoms with Crippen molar-refractivity contribution in [2.45, 2.75) is 45.6 Å². The average molecular weight is 482 g/mol. The maximum atomic E-state index is 13.1. The van der Waals surface area contributed by atoms with E-state index in [1.54, 1.807) is 19.5 Å². The fourth-order valence-corrected chi connectivity index (χ4v) is 5.71. The van der Waals surface area contributed by atoms with Crippen LogP contribution in [0.3, 0.4) is 0 Å². The molecule has 3 aromatic heterocycles. The third-order valence-electron chi connectivity index (χ3n) is 6.65. The van der Waals surface area contributed by atoms with Crippen LogP contribution in [0.2, 0.25) is 0 Å². The number of carbonyl (C=O) groups is 1. The highest BCUT2D eigenvalue weighted by Crippen LogP contribution is 2.58. The zero-order valence-corrected chi connectivity index (χ0v) is 20.2. The number of aliphatic hydroxyl groups excluding tert-OH is 1. The Morgan fingerprint density at radius 3 is 2.53 bits per heavy atom. The van der Waals surface area contributed by atoms with Gasteiger partial charge < -0.3 is 14.6 Å². The van der Waals surface area contributed by atoms with Gasteiger partial charge in [0, 0.05) is 28.7 Å². The maximum absolute atomic E-state index is 13.1. The van der Waals surface area contributed by atoms with Crippen LogP contribution >= 0.6 is 11.3 Å². The van der Waals surface area contributed by atoms with Crippen molar-refractivity contribution in [2.75, 3.05) is 19.0 Å². The second-order valence-electron chi connectivity index (χ2n) is 9.37. The lowest BCUT2D eigenvalue weighted by Gasteiger charge is -2.56. The molecule has 2 N–H and O–H groups in total. The van der Waals surface area contributed by atoms with Crippen LogP contribution < -0.4 is 14.8 Å². The van der Waals surface area contributed by atoms with Crippen molar-refractivity contribution in [3.05, 3.63) is 41.5 Å². The zero-order chi connectivity index (χ0) is 23.9. The molecular weight excluding hydrogens is 454 g/mol. The Balaban J connectivity index is 1.26. The van der Waals surface area contributed by atoms with Gasteiger partial charge in [0.1, 0.15) is 5.75 Å². The molecule has 3 heterocycles. The lowest BCUT2D eigenvalue weighted by Crippen LogP contribution is -2.51. The molecule has 0 radical (unpaired) electrons. The van der Waals surface area contributed by atoms with Crippen molar-refractivity contribution in [1.29, 1.82) is 0 Å². The number of nitrogens with zero attached hydrogens (tertiary/aromatic N) is 4. The van der Waals surface area contributed by atoms with E-state index in [4.69, 9.17) is 9.47 Å². The van der Waals surface area contributed by atoms with Crippen molar-refractivity contribution >= 4 is 22.4 Å². The van der Waals surface area contributed by atoms with Crippen LogP contribution in [0.1, 0.15) is 47.4 Å². The predicted molar refractivity (Wildman–Crippen MR) is 127 cm³/mol. The quantitative estimate of drug-likeness (QED) is 0.523. The van der Waals surface area contributed by atoms with Crippen molar-refractivity contribution in [2.24, 2.45) is 11.3 Å². The van der Waals surface area contributed by atoms with Gasteiger partial charge in [-0.1, -0.05) is 5.10 Å². The van der Waals surface area contributed by atoms with Gasteiger partial charge in [-0.3, -0.25) is 20.1 Å². The van der Waals surface area contributed by atoms with E-state index in [2.05, 4.69) is 25.5 Å². The molecule has 1 spiro atoms. The number of ether oxygens (including phenoxy) is 2. The van der Waals surface area contributed by atoms with Gasteiger partial charge in [-0.05, 0) is 74.3 Å². The van der Waals surface area contributed by atoms with E-state index < -0.39 is 0 Å². The van der Waals surface area contributed by atoms with E-state index in [9.17, 15) is 9.90 Å². The Bertz CT molecular complexity index is 1220. The van der Waals surface area contributed by atoms with Crippen molar-refractivity contribution in [3.8, 4) is 22.1 Å². The van der Waals surface area contributed by atoms with E-state index in [0.717, 1.165) is 42.6 Å². The molecule has 0 aliphatic heterocycles. The molecule has 0 bridgehead atoms. The Labute approximate surface area is 201 Å². The van der Waals surface area contributed by atoms with E-state index in [0.29, 0.717) is 45.1 Å². The molecule has 5 rings (SSSR count). The molecule has 34 heavy (non-hydrogen) atoms. The molecule has 9 nitrogen and oxygen atoms in total. The van der Waals surface area contributed by atoms with Gasteiger partial charge in [0.15, 0.2) is 0 Å². The number of anilines is 1. The van der Waals surface area contributed by atoms with Crippen LogP contribution in [-0.2, 0) is 0 Å². The molecule has 0 aromatic carbocycles. The summed E-state index contributed by atoms with van der Waals surface area (Å²) in [5, 5.41) is 21.3. The first-order valence-electron chi connectivity index (χ1n) is 11.3. The van der Waals surface area contributed by atoms with Crippen LogP contribution in [-0.4, -0.2) is 51.0 Å². The number of methoxy groups -OCH3 is 1. The number of aliphatic hydroxyl groups is 1. The fraction of sp³-hybridized carbons (Fsp3) is 0.458. The minimum Gasteiger partial charge on any atom is -0.494 e. The van der Waals surface area contributed by atoms with Crippen molar-refractivity contribution in [3.63, 3.8) is 0 Å². The summed E-state index contributed by atoms with van der Waals surface area (Å²) in [6.07, 6.45) is 7.09. The number of aryl methyl sites for hydroxylation is 2. The largest absolute Gasteiger partial charge is 0.494 e. The molecular formula is C24H27N5O4S. The summed E-state index contributed by atoms with van der Waals surface area (Å²) in [6.45, 7) is 4.34. The molecule has 0 atom stereocenters. The molecule has 3 aromatic rings. The summed E-state index contributed by atoms with van der Waals surface area (Å²) in [7, 11) is 1.57. The Kier molecular flexibility index (Phi) is 5.95. The first kappa shape index (κ1) is 22.7. The molecule has 2 aliphatic carbocycles. The van der Waals surface area contributed by atoms with Gasteiger partial charge in [0.05, 0.1) is 31.6 Å². The minimum atomic E-state index is -0.341. The van der Waals surface area contributed by atoms with E-state index in [1.165, 1.54) is 11.3 Å². The number of carbonyl (C=O) groups excluding carboxylic acids is 1. The van der Waals surface area contributed by atoms with Crippen LogP contribution in [0.15, 0.2) is 24.5 Å². The number of nitrogens with one attached hydrogen (secondary N) is 1. The summed E-state index contributed by atoms with van der Waals surface area (Å²) >= 11 is 1.20. The summed E-state index contributed by atoms with van der Waals surface area (Å²) in [5.74, 6) is 0.715. The second-order valence-corrected chi connectivity index (χ2v) is 10.3. The van der Waals surface area contributed by atoms with Gasteiger partial charge in [-0.2, -0.15) is 0 Å². The second kappa shape index (κ2) is 8.92. The SMILES string of the molecule is COc1cnc(C)cc1-c1cc(C)ncc1C(=O)Nc1nnc(OCC2CC3(CC(O)C3)C2)s1. The van der Waals surface area contributed by atoms with Gasteiger partial charge in [-0.25, -0.2) is 0 Å². The standard InChI is InChI=1S/C24H27N5O4S/c1-13-4-17(18-5-14(2)26-11-20(18)32-3)19(10-25-13)21(31)27-22-28-29-23(34-22)33-12-15-6-24(7-15)8-16(30)9-24/h4-5,10-11,15-16,30H,6-9,12H2,1-3H3,(H,27,28,31). The van der Waals surface area contributed by atoms with Crippen molar-refractivity contribution < 1.29 is 19.4 Å². The number of rotatable bonds is 7. The zero-order valence-electron chi connectivity index (χ0n) is 19.4. The fourth-order valence-electron chi connectivity index (χ4n) is 5.11. The van der Waals surface area contributed by atoms with Crippen LogP contribution in [0.25, 0.3) is 11.1 Å². The third kappa shape index (κ3) is 4.47. The predicted octanol–water partition coefficient (Wildman–Crippen LogP) is 3.80. The smallest absolute Gasteiger partial charge is 0.295 e. The highest BCUT2D eigenvalue weighted by atomic mass is 32.1. The van der Waals surface area contributed by atoms with Crippen LogP contribution in [0.4, 0.5) is 5.13 Å². The Morgan fingerprint density at radius 2 is 1.82 bits per heavy atom. The highest BCUT2D eigenvalue weighted by molar-refractivity contribution is 7.17. The summed E-state index contributed by atoms with van der Waals surface area (Å²) in [5.41, 5.74) is 3.81. The average Bonchev–Trinajstić information content (AvgIpc) is 3.21. The molecule has 2 aliphatic rings. The van der Waals surface area contributed by atoms with Gasteiger partial charge >= 0.3 is 0 Å². The lowest BCUT2D eigenvalue weighted by molar-refractivity contribution is -0.118. The molecule has 2 saturated carbocycles. The number of hydrogen-bond donors (Lipinski definition) is 2. The van der Waals surface area contributed by atoms with Gasteiger partial charge in [0.25, 0.3) is 11.1 Å². The maximum Gasteiger partial charge on any atom is 0.295 e. The summed E-state index contributed by atoms with van der Waals surface area (Å²) in [6, 6.07) is 3.74. The summed E-state index contributed by atoms with van der Waals surface area (Å²) < 4.78 is 11.3. The van der Waals surface area contributed by atoms with E-state index in [1.807, 2.05) is 26.0 Å². The minimum absolute atomic E-state index is 0.121. The molecule has 10 heteroatoms. The van der Waals surface area contributed by atoms with Crippen molar-refractivity contribution in [1.82, 2.24) is 20.2 Å². The third-order valence-corrected chi connectivity index (χ3v) is 7.40. The molecule has 178 valence electrons. The number of hydrogen-bond acceptors (Lipinski definition) is 9. The topological polar surface area (TPSA) is 119 Å². The monoisotopic (exact) mass is 481 g/mol. The van der Waals surface area contributed by atoms with Gasteiger partial charge in [0.2, 0.25) is 5.13 Å². The van der Waals surface area contributed by atoms with Crippen LogP contribution in [0, 0.1) is 25.2 Å². The van der Waals surface area contributed by atoms with E-state index >= 15 is 0 Å². The molecule has 0 saturated heterocycles. The Hall–Kier alpha value is -3.11. The summed E-state index contributed by atoms with van der Waals surface area (Å²) in [4.78, 5) is 21.7. The Morgan fingerprint density at radius 1 is 1.12 bits per heavy atom. The molecule has 0 unspecified atom stereocenters. The van der Waals surface area contributed by atoms with Crippen LogP contribution in [0.5, 0.6) is 10.9 Å². The normalized spacial score (nSPS) is 23.2. The molecule has 1 amide bonds. The van der Waals surface area contributed by atoms with Gasteiger partial charge in [-0.15, -0.1) is 5.10 Å². The number of aromatic nitrogens is 4. The molecule has 2 fully saturated rings.